The number of hydrogen-bond acceptors (Lipinski definition) is 4. The Balaban J connectivity index is 1.67. The Morgan fingerprint density at radius 3 is 2.90 bits per heavy atom. The van der Waals surface area contributed by atoms with Crippen LogP contribution < -0.4 is 0 Å². The van der Waals surface area contributed by atoms with Crippen LogP contribution in [-0.4, -0.2) is 42.7 Å². The first-order valence-electron chi connectivity index (χ1n) is 7.30. The van der Waals surface area contributed by atoms with Gasteiger partial charge in [0.2, 0.25) is 0 Å². The third kappa shape index (κ3) is 2.97. The molecule has 7 heteroatoms. The minimum absolute atomic E-state index is 0.0118. The van der Waals surface area contributed by atoms with Gasteiger partial charge in [0.1, 0.15) is 0 Å². The van der Waals surface area contributed by atoms with Crippen molar-refractivity contribution in [2.45, 2.75) is 39.6 Å². The molecule has 0 saturated carbocycles. The molecule has 0 amide bonds. The van der Waals surface area contributed by atoms with Gasteiger partial charge in [-0.1, -0.05) is 11.6 Å². The molecule has 0 aliphatic carbocycles. The summed E-state index contributed by atoms with van der Waals surface area (Å²) in [7, 11) is 0. The highest BCUT2D eigenvalue weighted by Crippen LogP contribution is 2.22. The van der Waals surface area contributed by atoms with Crippen LogP contribution in [0.25, 0.3) is 0 Å². The molecule has 0 fully saturated rings. The summed E-state index contributed by atoms with van der Waals surface area (Å²) in [4.78, 5) is 2.37. The molecule has 1 aliphatic rings. The van der Waals surface area contributed by atoms with Gasteiger partial charge in [-0.2, -0.15) is 10.2 Å². The van der Waals surface area contributed by atoms with E-state index in [9.17, 15) is 5.11 Å². The fraction of sp³-hybridized carbons (Fsp3) is 0.571. The lowest BCUT2D eigenvalue weighted by Gasteiger charge is -2.27. The second-order valence-electron chi connectivity index (χ2n) is 5.29. The van der Waals surface area contributed by atoms with Crippen molar-refractivity contribution in [3.63, 3.8) is 0 Å². The van der Waals surface area contributed by atoms with Gasteiger partial charge in [0.15, 0.2) is 0 Å². The van der Waals surface area contributed by atoms with Crippen LogP contribution in [0.4, 0.5) is 0 Å². The van der Waals surface area contributed by atoms with Gasteiger partial charge in [-0.3, -0.25) is 14.3 Å². The van der Waals surface area contributed by atoms with Crippen LogP contribution in [0.15, 0.2) is 12.4 Å². The maximum atomic E-state index is 9.48. The zero-order valence-electron chi connectivity index (χ0n) is 12.2. The molecule has 0 unspecified atom stereocenters. The number of aliphatic hydroxyl groups is 1. The van der Waals surface area contributed by atoms with Crippen LogP contribution in [0.3, 0.4) is 0 Å². The molecule has 0 bridgehead atoms. The van der Waals surface area contributed by atoms with Crippen molar-refractivity contribution in [2.24, 2.45) is 0 Å². The SMILES string of the molecule is CCn1nc(CO)c2c1CCN(CCn1cc(Cl)cn1)C2. The summed E-state index contributed by atoms with van der Waals surface area (Å²) in [6, 6.07) is 0. The lowest BCUT2D eigenvalue weighted by atomic mass is 10.1. The van der Waals surface area contributed by atoms with Gasteiger partial charge < -0.3 is 5.11 Å². The molecule has 3 heterocycles. The predicted molar refractivity (Wildman–Crippen MR) is 80.0 cm³/mol. The molecule has 21 heavy (non-hydrogen) atoms. The lowest BCUT2D eigenvalue weighted by Crippen LogP contribution is -2.34. The molecule has 2 aromatic heterocycles. The molecule has 1 aliphatic heterocycles. The van der Waals surface area contributed by atoms with E-state index in [0.29, 0.717) is 5.02 Å². The normalized spacial score (nSPS) is 15.4. The predicted octanol–water partition coefficient (Wildman–Crippen LogP) is 1.30. The van der Waals surface area contributed by atoms with E-state index in [1.54, 1.807) is 6.20 Å². The Kier molecular flexibility index (Phi) is 4.28. The molecule has 0 saturated heterocycles. The van der Waals surface area contributed by atoms with Gasteiger partial charge in [0, 0.05) is 50.1 Å². The van der Waals surface area contributed by atoms with Crippen molar-refractivity contribution in [3.8, 4) is 0 Å². The van der Waals surface area contributed by atoms with Crippen LogP contribution in [0.1, 0.15) is 23.9 Å². The molecule has 0 atom stereocenters. The number of aryl methyl sites for hydroxylation is 1. The summed E-state index contributed by atoms with van der Waals surface area (Å²) < 4.78 is 3.88. The van der Waals surface area contributed by atoms with Crippen LogP contribution >= 0.6 is 11.6 Å². The van der Waals surface area contributed by atoms with E-state index >= 15 is 0 Å². The Hall–Kier alpha value is -1.37. The van der Waals surface area contributed by atoms with Gasteiger partial charge in [0.05, 0.1) is 30.1 Å². The highest BCUT2D eigenvalue weighted by Gasteiger charge is 2.23. The minimum Gasteiger partial charge on any atom is -0.390 e. The zero-order valence-corrected chi connectivity index (χ0v) is 12.9. The Labute approximate surface area is 128 Å². The summed E-state index contributed by atoms with van der Waals surface area (Å²) in [5.74, 6) is 0. The molecular weight excluding hydrogens is 290 g/mol. The van der Waals surface area contributed by atoms with Crippen molar-refractivity contribution in [2.75, 3.05) is 13.1 Å². The van der Waals surface area contributed by atoms with Crippen molar-refractivity contribution < 1.29 is 5.11 Å². The summed E-state index contributed by atoms with van der Waals surface area (Å²) in [5.41, 5.74) is 3.29. The molecule has 2 aromatic rings. The molecule has 114 valence electrons. The maximum absolute atomic E-state index is 9.48. The van der Waals surface area contributed by atoms with Crippen molar-refractivity contribution in [1.82, 2.24) is 24.5 Å². The Bertz CT molecular complexity index is 621. The fourth-order valence-electron chi connectivity index (χ4n) is 2.90. The first-order valence-corrected chi connectivity index (χ1v) is 7.67. The minimum atomic E-state index is 0.0118. The van der Waals surface area contributed by atoms with Crippen molar-refractivity contribution in [1.29, 1.82) is 0 Å². The van der Waals surface area contributed by atoms with Gasteiger partial charge in [-0.15, -0.1) is 0 Å². The summed E-state index contributed by atoms with van der Waals surface area (Å²) in [5, 5.41) is 18.8. The number of rotatable bonds is 5. The highest BCUT2D eigenvalue weighted by atomic mass is 35.5. The summed E-state index contributed by atoms with van der Waals surface area (Å²) in [6.07, 6.45) is 4.48. The summed E-state index contributed by atoms with van der Waals surface area (Å²) >= 11 is 5.87. The number of hydrogen-bond donors (Lipinski definition) is 1. The topological polar surface area (TPSA) is 59.1 Å². The first-order chi connectivity index (χ1) is 10.2. The van der Waals surface area contributed by atoms with Gasteiger partial charge in [0.25, 0.3) is 0 Å². The standard InChI is InChI=1S/C14H20ClN5O/c1-2-20-14-3-4-18(9-12(14)13(10-21)17-20)5-6-19-8-11(15)7-16-19/h7-8,21H,2-6,9-10H2,1H3. The zero-order chi connectivity index (χ0) is 14.8. The van der Waals surface area contributed by atoms with E-state index in [1.807, 2.05) is 15.6 Å². The number of aromatic nitrogens is 4. The van der Waals surface area contributed by atoms with E-state index in [2.05, 4.69) is 22.0 Å². The Morgan fingerprint density at radius 2 is 2.24 bits per heavy atom. The molecular formula is C14H20ClN5O. The molecule has 0 radical (unpaired) electrons. The Morgan fingerprint density at radius 1 is 1.38 bits per heavy atom. The average Bonchev–Trinajstić information content (AvgIpc) is 3.07. The van der Waals surface area contributed by atoms with E-state index in [1.165, 1.54) is 11.3 Å². The van der Waals surface area contributed by atoms with Gasteiger partial charge in [-0.05, 0) is 6.92 Å². The third-order valence-electron chi connectivity index (χ3n) is 3.99. The fourth-order valence-corrected chi connectivity index (χ4v) is 3.06. The van der Waals surface area contributed by atoms with Crippen molar-refractivity contribution >= 4 is 11.6 Å². The number of nitrogens with zero attached hydrogens (tertiary/aromatic N) is 5. The summed E-state index contributed by atoms with van der Waals surface area (Å²) in [6.45, 7) is 6.55. The maximum Gasteiger partial charge on any atom is 0.0926 e. The van der Waals surface area contributed by atoms with E-state index in [4.69, 9.17) is 11.6 Å². The van der Waals surface area contributed by atoms with Crippen LogP contribution in [0.5, 0.6) is 0 Å². The van der Waals surface area contributed by atoms with E-state index in [-0.39, 0.29) is 6.61 Å². The molecule has 3 rings (SSSR count). The van der Waals surface area contributed by atoms with Crippen LogP contribution in [0, 0.1) is 0 Å². The second kappa shape index (κ2) is 6.17. The van der Waals surface area contributed by atoms with Crippen molar-refractivity contribution in [3.05, 3.63) is 34.4 Å². The smallest absolute Gasteiger partial charge is 0.0926 e. The van der Waals surface area contributed by atoms with E-state index in [0.717, 1.165) is 44.8 Å². The van der Waals surface area contributed by atoms with Gasteiger partial charge in [-0.25, -0.2) is 0 Å². The second-order valence-corrected chi connectivity index (χ2v) is 5.73. The monoisotopic (exact) mass is 309 g/mol. The largest absolute Gasteiger partial charge is 0.390 e. The molecule has 0 spiro atoms. The third-order valence-corrected chi connectivity index (χ3v) is 4.19. The molecule has 6 nitrogen and oxygen atoms in total. The molecule has 0 aromatic carbocycles. The first kappa shape index (κ1) is 14.6. The number of halogens is 1. The average molecular weight is 310 g/mol. The van der Waals surface area contributed by atoms with Crippen LogP contribution in [-0.2, 0) is 32.7 Å². The lowest BCUT2D eigenvalue weighted by molar-refractivity contribution is 0.232. The highest BCUT2D eigenvalue weighted by molar-refractivity contribution is 6.30. The number of fused-ring (bicyclic) bond motifs is 1. The van der Waals surface area contributed by atoms with E-state index < -0.39 is 0 Å². The van der Waals surface area contributed by atoms with Crippen LogP contribution in [0.2, 0.25) is 5.02 Å². The van der Waals surface area contributed by atoms with Gasteiger partial charge >= 0.3 is 0 Å². The molecule has 1 N–H and O–H groups in total. The number of aliphatic hydroxyl groups excluding tert-OH is 1. The quantitative estimate of drug-likeness (QED) is 0.904.